The van der Waals surface area contributed by atoms with Gasteiger partial charge < -0.3 is 14.5 Å². The molecule has 1 saturated carbocycles. The van der Waals surface area contributed by atoms with Crippen molar-refractivity contribution in [3.8, 4) is 0 Å². The molecule has 0 saturated heterocycles. The molecule has 0 spiro atoms. The van der Waals surface area contributed by atoms with Crippen LogP contribution in [0.5, 0.6) is 0 Å². The monoisotopic (exact) mass is 286 g/mol. The smallest absolute Gasteiger partial charge is 0.195 e. The summed E-state index contributed by atoms with van der Waals surface area (Å²) in [6.45, 7) is 2.47. The highest BCUT2D eigenvalue weighted by molar-refractivity contribution is 5.31. The number of nitrogens with zero attached hydrogens (tertiary/aromatic N) is 1. The molecule has 1 aliphatic rings. The second-order valence-corrected chi connectivity index (χ2v) is 5.51. The van der Waals surface area contributed by atoms with Crippen LogP contribution in [0.3, 0.4) is 0 Å². The van der Waals surface area contributed by atoms with Gasteiger partial charge in [-0.1, -0.05) is 30.3 Å². The number of hydrogen-bond acceptors (Lipinski definition) is 4. The Hall–Kier alpha value is -1.65. The van der Waals surface area contributed by atoms with Gasteiger partial charge in [-0.2, -0.15) is 0 Å². The molecule has 1 fully saturated rings. The van der Waals surface area contributed by atoms with Crippen molar-refractivity contribution in [2.75, 3.05) is 26.8 Å². The highest BCUT2D eigenvalue weighted by Gasteiger charge is 2.41. The van der Waals surface area contributed by atoms with Crippen molar-refractivity contribution in [2.24, 2.45) is 0 Å². The number of aromatic nitrogens is 1. The third-order valence-electron chi connectivity index (χ3n) is 3.95. The lowest BCUT2D eigenvalue weighted by Gasteiger charge is -2.01. The Balaban J connectivity index is 1.48. The summed E-state index contributed by atoms with van der Waals surface area (Å²) in [5, 5.41) is 3.30. The molecular formula is C17H22N2O2. The van der Waals surface area contributed by atoms with E-state index in [-0.39, 0.29) is 0 Å². The fourth-order valence-corrected chi connectivity index (χ4v) is 2.68. The van der Waals surface area contributed by atoms with Gasteiger partial charge in [-0.05, 0) is 17.9 Å². The van der Waals surface area contributed by atoms with Gasteiger partial charge >= 0.3 is 0 Å². The lowest BCUT2D eigenvalue weighted by atomic mass is 10.1. The lowest BCUT2D eigenvalue weighted by molar-refractivity contribution is 0.199. The molecule has 2 unspecified atom stereocenters. The maximum atomic E-state index is 5.88. The second-order valence-electron chi connectivity index (χ2n) is 5.51. The Labute approximate surface area is 125 Å². The van der Waals surface area contributed by atoms with Gasteiger partial charge in [-0.15, -0.1) is 0 Å². The van der Waals surface area contributed by atoms with Gasteiger partial charge in [0, 0.05) is 32.5 Å². The van der Waals surface area contributed by atoms with Gasteiger partial charge in [0.25, 0.3) is 0 Å². The van der Waals surface area contributed by atoms with Crippen LogP contribution in [-0.2, 0) is 11.2 Å². The topological polar surface area (TPSA) is 47.3 Å². The SMILES string of the molecule is COCCNCCc1ncc(C2CC2c2ccccc2)o1. The van der Waals surface area contributed by atoms with Crippen LogP contribution in [0, 0.1) is 0 Å². The van der Waals surface area contributed by atoms with Crippen molar-refractivity contribution >= 4 is 0 Å². The molecular weight excluding hydrogens is 264 g/mol. The van der Waals surface area contributed by atoms with Crippen LogP contribution in [-0.4, -0.2) is 31.8 Å². The third-order valence-corrected chi connectivity index (χ3v) is 3.95. The highest BCUT2D eigenvalue weighted by Crippen LogP contribution is 2.54. The molecule has 1 aromatic heterocycles. The van der Waals surface area contributed by atoms with Gasteiger partial charge in [0.05, 0.1) is 12.8 Å². The maximum Gasteiger partial charge on any atom is 0.195 e. The zero-order valence-corrected chi connectivity index (χ0v) is 12.4. The zero-order valence-electron chi connectivity index (χ0n) is 12.4. The molecule has 1 aliphatic carbocycles. The molecule has 3 rings (SSSR count). The van der Waals surface area contributed by atoms with E-state index in [1.165, 1.54) is 12.0 Å². The first-order valence-corrected chi connectivity index (χ1v) is 7.57. The number of benzene rings is 1. The molecule has 0 amide bonds. The summed E-state index contributed by atoms with van der Waals surface area (Å²) in [5.74, 6) is 2.98. The number of ether oxygens (including phenoxy) is 1. The predicted octanol–water partition coefficient (Wildman–Crippen LogP) is 2.72. The van der Waals surface area contributed by atoms with Crippen LogP contribution in [0.15, 0.2) is 40.9 Å². The van der Waals surface area contributed by atoms with Crippen LogP contribution in [0.4, 0.5) is 0 Å². The van der Waals surface area contributed by atoms with Crippen LogP contribution in [0.25, 0.3) is 0 Å². The number of hydrogen-bond donors (Lipinski definition) is 1. The predicted molar refractivity (Wildman–Crippen MR) is 81.5 cm³/mol. The molecule has 21 heavy (non-hydrogen) atoms. The number of rotatable bonds is 8. The summed E-state index contributed by atoms with van der Waals surface area (Å²) >= 11 is 0. The molecule has 0 radical (unpaired) electrons. The Morgan fingerprint density at radius 2 is 2.10 bits per heavy atom. The molecule has 2 atom stereocenters. The van der Waals surface area contributed by atoms with Crippen LogP contribution in [0.1, 0.15) is 35.5 Å². The Kier molecular flexibility index (Phi) is 4.68. The molecule has 2 aromatic rings. The summed E-state index contributed by atoms with van der Waals surface area (Å²) < 4.78 is 10.9. The van der Waals surface area contributed by atoms with Gasteiger partial charge in [0.15, 0.2) is 5.89 Å². The first kappa shape index (κ1) is 14.3. The lowest BCUT2D eigenvalue weighted by Crippen LogP contribution is -2.21. The minimum absolute atomic E-state index is 0.509. The number of methoxy groups -OCH3 is 1. The average molecular weight is 286 g/mol. The quantitative estimate of drug-likeness (QED) is 0.758. The summed E-state index contributed by atoms with van der Waals surface area (Å²) in [5.41, 5.74) is 1.40. The number of nitrogens with one attached hydrogen (secondary N) is 1. The van der Waals surface area contributed by atoms with E-state index in [2.05, 4.69) is 40.6 Å². The summed E-state index contributed by atoms with van der Waals surface area (Å²) in [6, 6.07) is 10.7. The maximum absolute atomic E-state index is 5.88. The van der Waals surface area contributed by atoms with E-state index in [4.69, 9.17) is 9.15 Å². The van der Waals surface area contributed by atoms with Crippen molar-refractivity contribution in [3.63, 3.8) is 0 Å². The van der Waals surface area contributed by atoms with Gasteiger partial charge in [-0.3, -0.25) is 0 Å². The minimum Gasteiger partial charge on any atom is -0.445 e. The van der Waals surface area contributed by atoms with Crippen molar-refractivity contribution in [1.82, 2.24) is 10.3 Å². The molecule has 4 heteroatoms. The number of oxazole rings is 1. The Morgan fingerprint density at radius 3 is 2.90 bits per heavy atom. The van der Waals surface area contributed by atoms with Crippen molar-refractivity contribution < 1.29 is 9.15 Å². The minimum atomic E-state index is 0.509. The van der Waals surface area contributed by atoms with E-state index in [0.29, 0.717) is 11.8 Å². The molecule has 4 nitrogen and oxygen atoms in total. The van der Waals surface area contributed by atoms with E-state index in [0.717, 1.165) is 37.8 Å². The van der Waals surface area contributed by atoms with Crippen molar-refractivity contribution in [2.45, 2.75) is 24.7 Å². The van der Waals surface area contributed by atoms with E-state index < -0.39 is 0 Å². The molecule has 0 bridgehead atoms. The average Bonchev–Trinajstić information content (AvgIpc) is 3.19. The third kappa shape index (κ3) is 3.71. The van der Waals surface area contributed by atoms with Gasteiger partial charge in [0.2, 0.25) is 0 Å². The van der Waals surface area contributed by atoms with Crippen LogP contribution < -0.4 is 5.32 Å². The Bertz CT molecular complexity index is 553. The molecule has 0 aliphatic heterocycles. The fraction of sp³-hybridized carbons (Fsp3) is 0.471. The van der Waals surface area contributed by atoms with E-state index in [1.807, 2.05) is 6.20 Å². The fourth-order valence-electron chi connectivity index (χ4n) is 2.68. The van der Waals surface area contributed by atoms with Crippen molar-refractivity contribution in [1.29, 1.82) is 0 Å². The standard InChI is InChI=1S/C17H22N2O2/c1-20-10-9-18-8-7-17-19-12-16(21-17)15-11-14(15)13-5-3-2-4-6-13/h2-6,12,14-15,18H,7-11H2,1H3. The molecule has 1 aromatic carbocycles. The van der Waals surface area contributed by atoms with Gasteiger partial charge in [-0.25, -0.2) is 4.98 Å². The van der Waals surface area contributed by atoms with Crippen molar-refractivity contribution in [3.05, 3.63) is 53.7 Å². The summed E-state index contributed by atoms with van der Waals surface area (Å²) in [7, 11) is 1.71. The zero-order chi connectivity index (χ0) is 14.5. The molecule has 1 heterocycles. The van der Waals surface area contributed by atoms with Gasteiger partial charge in [0.1, 0.15) is 5.76 Å². The van der Waals surface area contributed by atoms with E-state index >= 15 is 0 Å². The van der Waals surface area contributed by atoms with Crippen LogP contribution in [0.2, 0.25) is 0 Å². The first-order chi connectivity index (χ1) is 10.4. The van der Waals surface area contributed by atoms with Crippen LogP contribution >= 0.6 is 0 Å². The molecule has 112 valence electrons. The second kappa shape index (κ2) is 6.87. The molecule has 1 N–H and O–H groups in total. The normalized spacial score (nSPS) is 20.6. The highest BCUT2D eigenvalue weighted by atomic mass is 16.5. The van der Waals surface area contributed by atoms with E-state index in [1.54, 1.807) is 7.11 Å². The van der Waals surface area contributed by atoms with E-state index in [9.17, 15) is 0 Å². The Morgan fingerprint density at radius 1 is 1.24 bits per heavy atom. The largest absolute Gasteiger partial charge is 0.445 e. The summed E-state index contributed by atoms with van der Waals surface area (Å²) in [4.78, 5) is 4.39. The summed E-state index contributed by atoms with van der Waals surface area (Å²) in [6.07, 6.45) is 3.90. The first-order valence-electron chi connectivity index (χ1n) is 7.57.